The van der Waals surface area contributed by atoms with E-state index in [4.69, 9.17) is 9.73 Å². The number of fused-ring (bicyclic) bond motifs is 1. The molecule has 1 aliphatic carbocycles. The monoisotopic (exact) mass is 551 g/mol. The maximum Gasteiger partial charge on any atom is 0.269 e. The minimum absolute atomic E-state index is 0.0472. The van der Waals surface area contributed by atoms with E-state index in [2.05, 4.69) is 42.8 Å². The molecule has 0 fully saturated rings. The van der Waals surface area contributed by atoms with Crippen LogP contribution in [0, 0.1) is 32.8 Å². The number of non-ortho nitro benzene ring substituents is 1. The molecule has 180 valence electrons. The lowest BCUT2D eigenvalue weighted by atomic mass is 9.72. The van der Waals surface area contributed by atoms with Crippen molar-refractivity contribution in [2.75, 3.05) is 0 Å². The number of nitriles is 1. The van der Waals surface area contributed by atoms with E-state index in [1.165, 1.54) is 17.0 Å². The van der Waals surface area contributed by atoms with Crippen LogP contribution in [0.25, 0.3) is 0 Å². The van der Waals surface area contributed by atoms with E-state index in [1.54, 1.807) is 29.7 Å². The Kier molecular flexibility index (Phi) is 7.39. The minimum Gasteiger partial charge on any atom is -0.488 e. The van der Waals surface area contributed by atoms with Gasteiger partial charge in [0.15, 0.2) is 0 Å². The van der Waals surface area contributed by atoms with Crippen molar-refractivity contribution in [3.8, 4) is 11.8 Å². The molecule has 8 heteroatoms. The van der Waals surface area contributed by atoms with E-state index in [0.717, 1.165) is 45.4 Å². The van der Waals surface area contributed by atoms with Crippen molar-refractivity contribution in [2.24, 2.45) is 16.3 Å². The molecule has 0 radical (unpaired) electrons. The molecule has 0 amide bonds. The van der Waals surface area contributed by atoms with Gasteiger partial charge < -0.3 is 4.74 Å². The molecule has 6 nitrogen and oxygen atoms in total. The van der Waals surface area contributed by atoms with E-state index in [-0.39, 0.29) is 17.7 Å². The SMILES string of the molecule is CC(C)(C)[C@@H]1CCc2c(sc(N=Cc3cc(Br)ccc3OCc3ccc([N+](=O)[O-])cc3)c2C#N)C1. The largest absolute Gasteiger partial charge is 0.488 e. The second-order valence-corrected chi connectivity index (χ2v) is 11.8. The summed E-state index contributed by atoms with van der Waals surface area (Å²) in [5.41, 5.74) is 3.75. The Morgan fingerprint density at radius 3 is 2.69 bits per heavy atom. The van der Waals surface area contributed by atoms with Gasteiger partial charge in [-0.15, -0.1) is 11.3 Å². The molecule has 0 bridgehead atoms. The Hall–Kier alpha value is -3.02. The predicted molar refractivity (Wildman–Crippen MR) is 143 cm³/mol. The van der Waals surface area contributed by atoms with Crippen molar-refractivity contribution in [1.29, 1.82) is 5.26 Å². The number of ether oxygens (including phenoxy) is 1. The maximum atomic E-state index is 10.9. The maximum absolute atomic E-state index is 10.9. The van der Waals surface area contributed by atoms with Gasteiger partial charge in [-0.25, -0.2) is 4.99 Å². The number of hydrogen-bond donors (Lipinski definition) is 0. The van der Waals surface area contributed by atoms with Crippen LogP contribution in [0.3, 0.4) is 0 Å². The number of nitro benzene ring substituents is 1. The second-order valence-electron chi connectivity index (χ2n) is 9.75. The van der Waals surface area contributed by atoms with Gasteiger partial charge >= 0.3 is 0 Å². The summed E-state index contributed by atoms with van der Waals surface area (Å²) in [6.45, 7) is 7.12. The highest BCUT2D eigenvalue weighted by atomic mass is 79.9. The molecule has 0 saturated carbocycles. The molecule has 0 saturated heterocycles. The topological polar surface area (TPSA) is 88.5 Å². The van der Waals surface area contributed by atoms with Crippen LogP contribution in [0.15, 0.2) is 51.9 Å². The predicted octanol–water partition coefficient (Wildman–Crippen LogP) is 7.77. The molecule has 1 aromatic heterocycles. The lowest BCUT2D eigenvalue weighted by molar-refractivity contribution is -0.384. The Balaban J connectivity index is 1.56. The quantitative estimate of drug-likeness (QED) is 0.178. The summed E-state index contributed by atoms with van der Waals surface area (Å²) in [7, 11) is 0. The molecule has 1 aliphatic rings. The Bertz CT molecular complexity index is 1320. The van der Waals surface area contributed by atoms with Crippen molar-refractivity contribution >= 4 is 44.2 Å². The fourth-order valence-corrected chi connectivity index (χ4v) is 5.87. The fourth-order valence-electron chi connectivity index (χ4n) is 4.27. The third-order valence-electron chi connectivity index (χ3n) is 6.42. The lowest BCUT2D eigenvalue weighted by Crippen LogP contribution is -2.26. The highest BCUT2D eigenvalue weighted by Gasteiger charge is 2.32. The molecule has 0 unspecified atom stereocenters. The first-order chi connectivity index (χ1) is 16.7. The average molecular weight is 552 g/mol. The van der Waals surface area contributed by atoms with Gasteiger partial charge in [0.1, 0.15) is 23.4 Å². The van der Waals surface area contributed by atoms with Gasteiger partial charge in [-0.05, 0) is 72.1 Å². The van der Waals surface area contributed by atoms with Crippen LogP contribution in [0.4, 0.5) is 10.7 Å². The summed E-state index contributed by atoms with van der Waals surface area (Å²) in [6, 6.07) is 14.4. The molecule has 1 heterocycles. The third-order valence-corrected chi connectivity index (χ3v) is 8.07. The number of rotatable bonds is 6. The third kappa shape index (κ3) is 5.80. The first-order valence-corrected chi connectivity index (χ1v) is 13.0. The summed E-state index contributed by atoms with van der Waals surface area (Å²) in [6.07, 6.45) is 4.76. The van der Waals surface area contributed by atoms with Crippen LogP contribution in [0.1, 0.15) is 54.3 Å². The standard InChI is InChI=1S/C27H26BrN3O3S/c1-27(2,3)19-6-10-22-23(14-29)26(35-25(22)13-19)30-15-18-12-20(28)7-11-24(18)34-16-17-4-8-21(9-5-17)31(32)33/h4-5,7-9,11-12,15,19H,6,10,13,16H2,1-3H3/t19-/m1/s1. The smallest absolute Gasteiger partial charge is 0.269 e. The number of thiophene rings is 1. The van der Waals surface area contributed by atoms with Gasteiger partial charge in [-0.3, -0.25) is 10.1 Å². The summed E-state index contributed by atoms with van der Waals surface area (Å²) in [5.74, 6) is 1.24. The zero-order chi connectivity index (χ0) is 25.2. The average Bonchev–Trinajstić information content (AvgIpc) is 3.18. The van der Waals surface area contributed by atoms with E-state index < -0.39 is 4.92 Å². The van der Waals surface area contributed by atoms with Gasteiger partial charge in [0.25, 0.3) is 5.69 Å². The summed E-state index contributed by atoms with van der Waals surface area (Å²) in [5, 5.41) is 21.5. The van der Waals surface area contributed by atoms with Crippen LogP contribution in [0.2, 0.25) is 0 Å². The normalized spacial score (nSPS) is 15.6. The number of halogens is 1. The number of aliphatic imine (C=N–C) groups is 1. The van der Waals surface area contributed by atoms with Crippen LogP contribution in [0.5, 0.6) is 5.75 Å². The molecule has 0 spiro atoms. The molecule has 2 aromatic carbocycles. The van der Waals surface area contributed by atoms with Gasteiger partial charge in [-0.1, -0.05) is 36.7 Å². The van der Waals surface area contributed by atoms with Gasteiger partial charge in [0.05, 0.1) is 10.5 Å². The molecule has 3 aromatic rings. The molecule has 1 atom stereocenters. The van der Waals surface area contributed by atoms with Crippen molar-refractivity contribution in [1.82, 2.24) is 0 Å². The molecule has 35 heavy (non-hydrogen) atoms. The summed E-state index contributed by atoms with van der Waals surface area (Å²) in [4.78, 5) is 16.4. The van der Waals surface area contributed by atoms with E-state index in [1.807, 2.05) is 18.2 Å². The van der Waals surface area contributed by atoms with Crippen LogP contribution < -0.4 is 4.74 Å². The number of benzene rings is 2. The van der Waals surface area contributed by atoms with Gasteiger partial charge in [0, 0.05) is 33.3 Å². The highest BCUT2D eigenvalue weighted by molar-refractivity contribution is 9.10. The Morgan fingerprint density at radius 2 is 2.03 bits per heavy atom. The zero-order valence-electron chi connectivity index (χ0n) is 19.9. The van der Waals surface area contributed by atoms with Crippen LogP contribution in [-0.4, -0.2) is 11.1 Å². The fraction of sp³-hybridized carbons (Fsp3) is 0.333. The second kappa shape index (κ2) is 10.3. The molecular formula is C27H26BrN3O3S. The highest BCUT2D eigenvalue weighted by Crippen LogP contribution is 2.45. The zero-order valence-corrected chi connectivity index (χ0v) is 22.3. The van der Waals surface area contributed by atoms with E-state index >= 15 is 0 Å². The summed E-state index contributed by atoms with van der Waals surface area (Å²) >= 11 is 5.13. The Morgan fingerprint density at radius 1 is 1.29 bits per heavy atom. The first-order valence-electron chi connectivity index (χ1n) is 11.4. The number of hydrogen-bond acceptors (Lipinski definition) is 6. The van der Waals surface area contributed by atoms with Crippen molar-refractivity contribution < 1.29 is 9.66 Å². The molecular weight excluding hydrogens is 526 g/mol. The van der Waals surface area contributed by atoms with Crippen molar-refractivity contribution in [2.45, 2.75) is 46.6 Å². The number of nitrogens with zero attached hydrogens (tertiary/aromatic N) is 3. The molecule has 0 N–H and O–H groups in total. The molecule has 0 aliphatic heterocycles. The lowest BCUT2D eigenvalue weighted by Gasteiger charge is -2.33. The van der Waals surface area contributed by atoms with Gasteiger partial charge in [-0.2, -0.15) is 5.26 Å². The van der Waals surface area contributed by atoms with E-state index in [9.17, 15) is 15.4 Å². The van der Waals surface area contributed by atoms with Crippen molar-refractivity contribution in [3.05, 3.63) is 84.2 Å². The minimum atomic E-state index is -0.422. The van der Waals surface area contributed by atoms with Crippen molar-refractivity contribution in [3.63, 3.8) is 0 Å². The Labute approximate surface area is 217 Å². The van der Waals surface area contributed by atoms with Gasteiger partial charge in [0.2, 0.25) is 0 Å². The number of nitro groups is 1. The molecule has 4 rings (SSSR count). The van der Waals surface area contributed by atoms with E-state index in [0.29, 0.717) is 17.2 Å². The summed E-state index contributed by atoms with van der Waals surface area (Å²) < 4.78 is 6.90. The van der Waals surface area contributed by atoms with Crippen LogP contribution >= 0.6 is 27.3 Å². The van der Waals surface area contributed by atoms with Crippen LogP contribution in [-0.2, 0) is 19.4 Å². The first kappa shape index (κ1) is 25.1.